The fraction of sp³-hybridized carbons (Fsp3) is 0.444. The molecule has 3 heteroatoms. The van der Waals surface area contributed by atoms with E-state index in [1.807, 2.05) is 23.5 Å². The maximum Gasteiger partial charge on any atom is 0.122 e. The van der Waals surface area contributed by atoms with E-state index in [0.717, 1.165) is 18.7 Å². The van der Waals surface area contributed by atoms with Crippen LogP contribution in [0.1, 0.15) is 43.0 Å². The highest BCUT2D eigenvalue weighted by molar-refractivity contribution is 7.11. The monoisotopic (exact) mass is 303 g/mol. The van der Waals surface area contributed by atoms with Crippen molar-refractivity contribution in [3.8, 4) is 5.75 Å². The van der Waals surface area contributed by atoms with Crippen molar-refractivity contribution < 1.29 is 4.74 Å². The quantitative estimate of drug-likeness (QED) is 0.829. The Labute approximate surface area is 132 Å². The molecule has 2 rings (SSSR count). The summed E-state index contributed by atoms with van der Waals surface area (Å²) in [4.78, 5) is 2.70. The van der Waals surface area contributed by atoms with Gasteiger partial charge < -0.3 is 10.1 Å². The summed E-state index contributed by atoms with van der Waals surface area (Å²) in [5.41, 5.74) is 1.42. The van der Waals surface area contributed by atoms with E-state index >= 15 is 0 Å². The Morgan fingerprint density at radius 1 is 1.00 bits per heavy atom. The zero-order valence-corrected chi connectivity index (χ0v) is 14.2. The Morgan fingerprint density at radius 2 is 1.67 bits per heavy atom. The van der Waals surface area contributed by atoms with Crippen LogP contribution >= 0.6 is 11.3 Å². The number of aryl methyl sites for hydroxylation is 1. The van der Waals surface area contributed by atoms with Gasteiger partial charge in [0.15, 0.2) is 0 Å². The molecule has 0 unspecified atom stereocenters. The highest BCUT2D eigenvalue weighted by Gasteiger charge is 2.08. The molecule has 0 aliphatic carbocycles. The van der Waals surface area contributed by atoms with Gasteiger partial charge in [-0.3, -0.25) is 0 Å². The molecule has 1 aromatic heterocycles. The van der Waals surface area contributed by atoms with Crippen molar-refractivity contribution in [2.24, 2.45) is 0 Å². The fourth-order valence-electron chi connectivity index (χ4n) is 1.92. The molecule has 1 heterocycles. The molecule has 1 aromatic carbocycles. The minimum Gasteiger partial charge on any atom is -0.488 e. The van der Waals surface area contributed by atoms with Crippen molar-refractivity contribution in [3.05, 3.63) is 51.7 Å². The Bertz CT molecular complexity index is 551. The van der Waals surface area contributed by atoms with Gasteiger partial charge in [0.2, 0.25) is 0 Å². The van der Waals surface area contributed by atoms with Crippen molar-refractivity contribution in [2.45, 2.75) is 52.8 Å². The van der Waals surface area contributed by atoms with Gasteiger partial charge in [0.05, 0.1) is 0 Å². The van der Waals surface area contributed by atoms with Crippen LogP contribution in [-0.2, 0) is 19.6 Å². The van der Waals surface area contributed by atoms with Crippen molar-refractivity contribution in [2.75, 3.05) is 0 Å². The lowest BCUT2D eigenvalue weighted by Gasteiger charge is -2.20. The average molecular weight is 303 g/mol. The average Bonchev–Trinajstić information content (AvgIpc) is 2.91. The summed E-state index contributed by atoms with van der Waals surface area (Å²) in [6, 6.07) is 12.7. The second-order valence-corrected chi connectivity index (χ2v) is 7.51. The zero-order valence-electron chi connectivity index (χ0n) is 13.4. The minimum absolute atomic E-state index is 0.144. The molecular formula is C18H25NOS. The van der Waals surface area contributed by atoms with Gasteiger partial charge in [0.25, 0.3) is 0 Å². The second kappa shape index (κ2) is 7.10. The van der Waals surface area contributed by atoms with Gasteiger partial charge in [-0.15, -0.1) is 11.3 Å². The van der Waals surface area contributed by atoms with Gasteiger partial charge in [-0.25, -0.2) is 0 Å². The maximum atomic E-state index is 5.84. The summed E-state index contributed by atoms with van der Waals surface area (Å²) in [5, 5.41) is 3.49. The minimum atomic E-state index is 0.144. The van der Waals surface area contributed by atoms with Crippen molar-refractivity contribution in [1.29, 1.82) is 0 Å². The largest absolute Gasteiger partial charge is 0.488 e. The first-order valence-corrected chi connectivity index (χ1v) is 8.32. The van der Waals surface area contributed by atoms with Gasteiger partial charge in [-0.2, -0.15) is 0 Å². The van der Waals surface area contributed by atoms with Crippen molar-refractivity contribution in [1.82, 2.24) is 5.32 Å². The predicted octanol–water partition coefficient (Wildman–Crippen LogP) is 4.78. The summed E-state index contributed by atoms with van der Waals surface area (Å²) in [5.74, 6) is 0.931. The van der Waals surface area contributed by atoms with Gasteiger partial charge in [0.1, 0.15) is 12.4 Å². The van der Waals surface area contributed by atoms with E-state index < -0.39 is 0 Å². The molecule has 0 saturated heterocycles. The molecule has 0 aliphatic rings. The SMILES string of the molecule is CCc1ccc(COc2ccc(CNC(C)(C)C)cc2)s1. The first-order valence-electron chi connectivity index (χ1n) is 7.50. The topological polar surface area (TPSA) is 21.3 Å². The molecule has 0 fully saturated rings. The van der Waals surface area contributed by atoms with Crippen LogP contribution in [0.25, 0.3) is 0 Å². The zero-order chi connectivity index (χ0) is 15.3. The molecule has 114 valence electrons. The van der Waals surface area contributed by atoms with E-state index in [1.54, 1.807) is 0 Å². The Morgan fingerprint density at radius 3 is 2.24 bits per heavy atom. The van der Waals surface area contributed by atoms with Crippen LogP contribution in [0.5, 0.6) is 5.75 Å². The molecule has 0 spiro atoms. The van der Waals surface area contributed by atoms with Crippen molar-refractivity contribution in [3.63, 3.8) is 0 Å². The highest BCUT2D eigenvalue weighted by Crippen LogP contribution is 2.20. The molecule has 0 aliphatic heterocycles. The van der Waals surface area contributed by atoms with Crippen LogP contribution in [0.4, 0.5) is 0 Å². The van der Waals surface area contributed by atoms with E-state index in [1.165, 1.54) is 15.3 Å². The standard InChI is InChI=1S/C18H25NOS/c1-5-16-10-11-17(21-16)13-20-15-8-6-14(7-9-15)12-19-18(2,3)4/h6-11,19H,5,12-13H2,1-4H3. The number of nitrogens with one attached hydrogen (secondary N) is 1. The lowest BCUT2D eigenvalue weighted by molar-refractivity contribution is 0.309. The summed E-state index contributed by atoms with van der Waals surface area (Å²) in [6.45, 7) is 10.3. The third kappa shape index (κ3) is 5.52. The molecular weight excluding hydrogens is 278 g/mol. The second-order valence-electron chi connectivity index (χ2n) is 6.26. The number of ether oxygens (including phenoxy) is 1. The number of hydrogen-bond acceptors (Lipinski definition) is 3. The molecule has 0 atom stereocenters. The van der Waals surface area contributed by atoms with Gasteiger partial charge >= 0.3 is 0 Å². The first kappa shape index (κ1) is 16.1. The Hall–Kier alpha value is -1.32. The molecule has 0 bridgehead atoms. The smallest absolute Gasteiger partial charge is 0.122 e. The van der Waals surface area contributed by atoms with Crippen LogP contribution in [0.15, 0.2) is 36.4 Å². The molecule has 0 saturated carbocycles. The Balaban J connectivity index is 1.84. The summed E-state index contributed by atoms with van der Waals surface area (Å²) >= 11 is 1.83. The van der Waals surface area contributed by atoms with E-state index in [2.05, 4.69) is 57.3 Å². The molecule has 2 aromatic rings. The number of benzene rings is 1. The molecule has 0 radical (unpaired) electrons. The van der Waals surface area contributed by atoms with E-state index in [9.17, 15) is 0 Å². The lowest BCUT2D eigenvalue weighted by Crippen LogP contribution is -2.34. The third-order valence-corrected chi connectivity index (χ3v) is 4.40. The normalized spacial score (nSPS) is 11.6. The molecule has 1 N–H and O–H groups in total. The van der Waals surface area contributed by atoms with Gasteiger partial charge in [0, 0.05) is 21.8 Å². The van der Waals surface area contributed by atoms with E-state index in [0.29, 0.717) is 6.61 Å². The predicted molar refractivity (Wildman–Crippen MR) is 91.1 cm³/mol. The third-order valence-electron chi connectivity index (χ3n) is 3.19. The highest BCUT2D eigenvalue weighted by atomic mass is 32.1. The summed E-state index contributed by atoms with van der Waals surface area (Å²) in [7, 11) is 0. The number of thiophene rings is 1. The van der Waals surface area contributed by atoms with Crippen LogP contribution in [0.2, 0.25) is 0 Å². The van der Waals surface area contributed by atoms with E-state index in [-0.39, 0.29) is 5.54 Å². The first-order chi connectivity index (χ1) is 9.96. The molecule has 2 nitrogen and oxygen atoms in total. The van der Waals surface area contributed by atoms with E-state index in [4.69, 9.17) is 4.74 Å². The van der Waals surface area contributed by atoms with Crippen LogP contribution in [-0.4, -0.2) is 5.54 Å². The van der Waals surface area contributed by atoms with Gasteiger partial charge in [-0.05, 0) is 57.0 Å². The number of rotatable bonds is 6. The molecule has 0 amide bonds. The summed E-state index contributed by atoms with van der Waals surface area (Å²) in [6.07, 6.45) is 1.10. The fourth-order valence-corrected chi connectivity index (χ4v) is 2.79. The van der Waals surface area contributed by atoms with Crippen LogP contribution in [0, 0.1) is 0 Å². The van der Waals surface area contributed by atoms with Crippen molar-refractivity contribution >= 4 is 11.3 Å². The Kier molecular flexibility index (Phi) is 5.43. The van der Waals surface area contributed by atoms with Gasteiger partial charge in [-0.1, -0.05) is 19.1 Å². The van der Waals surface area contributed by atoms with Crippen LogP contribution in [0.3, 0.4) is 0 Å². The number of hydrogen-bond donors (Lipinski definition) is 1. The summed E-state index contributed by atoms with van der Waals surface area (Å²) < 4.78 is 5.84. The maximum absolute atomic E-state index is 5.84. The lowest BCUT2D eigenvalue weighted by atomic mass is 10.1. The molecule has 21 heavy (non-hydrogen) atoms. The van der Waals surface area contributed by atoms with Crippen LogP contribution < -0.4 is 10.1 Å².